The molecular weight excluding hydrogens is 234 g/mol. The molecule has 108 valence electrons. The maximum atomic E-state index is 4.58. The lowest BCUT2D eigenvalue weighted by atomic mass is 9.93. The van der Waals surface area contributed by atoms with E-state index in [2.05, 4.69) is 42.1 Å². The molecule has 0 bridgehead atoms. The maximum absolute atomic E-state index is 4.58. The molecule has 3 nitrogen and oxygen atoms in total. The van der Waals surface area contributed by atoms with E-state index in [1.54, 1.807) is 0 Å². The summed E-state index contributed by atoms with van der Waals surface area (Å²) in [4.78, 5) is 0. The number of rotatable bonds is 7. The fraction of sp³-hybridized carbons (Fsp3) is 0.812. The molecule has 0 radical (unpaired) electrons. The van der Waals surface area contributed by atoms with Gasteiger partial charge in [-0.15, -0.1) is 0 Å². The molecule has 1 fully saturated rings. The molecule has 1 atom stereocenters. The molecule has 0 saturated heterocycles. The first kappa shape index (κ1) is 14.6. The minimum absolute atomic E-state index is 0.641. The van der Waals surface area contributed by atoms with Gasteiger partial charge in [0, 0.05) is 25.2 Å². The average molecular weight is 263 g/mol. The van der Waals surface area contributed by atoms with Crippen LogP contribution < -0.4 is 5.32 Å². The Balaban J connectivity index is 2.02. The lowest BCUT2D eigenvalue weighted by Gasteiger charge is -2.24. The zero-order chi connectivity index (χ0) is 13.7. The van der Waals surface area contributed by atoms with Crippen LogP contribution in [0.1, 0.15) is 57.3 Å². The smallest absolute Gasteiger partial charge is 0.0624 e. The van der Waals surface area contributed by atoms with Crippen molar-refractivity contribution in [1.29, 1.82) is 0 Å². The molecule has 0 amide bonds. The first-order chi connectivity index (χ1) is 9.24. The summed E-state index contributed by atoms with van der Waals surface area (Å²) in [6.45, 7) is 5.56. The van der Waals surface area contributed by atoms with E-state index in [0.717, 1.165) is 25.3 Å². The van der Waals surface area contributed by atoms with Crippen molar-refractivity contribution in [3.05, 3.63) is 17.5 Å². The molecule has 0 spiro atoms. The maximum Gasteiger partial charge on any atom is 0.0624 e. The zero-order valence-electron chi connectivity index (χ0n) is 12.8. The van der Waals surface area contributed by atoms with E-state index in [-0.39, 0.29) is 0 Å². The number of aryl methyl sites for hydroxylation is 2. The highest BCUT2D eigenvalue weighted by atomic mass is 15.3. The Labute approximate surface area is 117 Å². The molecule has 1 saturated carbocycles. The molecule has 19 heavy (non-hydrogen) atoms. The summed E-state index contributed by atoms with van der Waals surface area (Å²) in [5.74, 6) is 0.867. The topological polar surface area (TPSA) is 29.9 Å². The van der Waals surface area contributed by atoms with Crippen molar-refractivity contribution in [2.75, 3.05) is 6.54 Å². The third-order valence-electron chi connectivity index (χ3n) is 4.44. The quantitative estimate of drug-likeness (QED) is 0.819. The summed E-state index contributed by atoms with van der Waals surface area (Å²) < 4.78 is 2.08. The van der Waals surface area contributed by atoms with Gasteiger partial charge in [0.25, 0.3) is 0 Å². The first-order valence-electron chi connectivity index (χ1n) is 7.99. The number of nitrogens with one attached hydrogen (secondary N) is 1. The van der Waals surface area contributed by atoms with Gasteiger partial charge in [-0.3, -0.25) is 4.68 Å². The molecule has 3 heteroatoms. The fourth-order valence-electron chi connectivity index (χ4n) is 3.26. The van der Waals surface area contributed by atoms with Gasteiger partial charge in [-0.25, -0.2) is 0 Å². The van der Waals surface area contributed by atoms with Crippen molar-refractivity contribution >= 4 is 0 Å². The van der Waals surface area contributed by atoms with E-state index in [9.17, 15) is 0 Å². The van der Waals surface area contributed by atoms with Crippen LogP contribution in [0.3, 0.4) is 0 Å². The minimum Gasteiger partial charge on any atom is -0.313 e. The van der Waals surface area contributed by atoms with Crippen LogP contribution in [0.5, 0.6) is 0 Å². The summed E-state index contributed by atoms with van der Waals surface area (Å²) in [6, 6.07) is 2.93. The normalized spacial score (nSPS) is 18.1. The Morgan fingerprint density at radius 3 is 2.68 bits per heavy atom. The van der Waals surface area contributed by atoms with E-state index < -0.39 is 0 Å². The van der Waals surface area contributed by atoms with Crippen molar-refractivity contribution < 1.29 is 0 Å². The van der Waals surface area contributed by atoms with Gasteiger partial charge < -0.3 is 5.32 Å². The molecule has 1 aromatic rings. The van der Waals surface area contributed by atoms with E-state index in [4.69, 9.17) is 0 Å². The molecule has 1 N–H and O–H groups in total. The van der Waals surface area contributed by atoms with E-state index in [1.807, 2.05) is 0 Å². The van der Waals surface area contributed by atoms with Crippen LogP contribution in [0.15, 0.2) is 6.07 Å². The predicted octanol–water partition coefficient (Wildman–Crippen LogP) is 3.08. The summed E-state index contributed by atoms with van der Waals surface area (Å²) in [5.41, 5.74) is 2.61. The number of aromatic nitrogens is 2. The number of hydrogen-bond donors (Lipinski definition) is 1. The van der Waals surface area contributed by atoms with Crippen molar-refractivity contribution in [3.8, 4) is 0 Å². The summed E-state index contributed by atoms with van der Waals surface area (Å²) in [7, 11) is 2.08. The Hall–Kier alpha value is -0.830. The van der Waals surface area contributed by atoms with E-state index in [1.165, 1.54) is 43.5 Å². The molecule has 1 unspecified atom stereocenters. The van der Waals surface area contributed by atoms with Crippen LogP contribution in [0.4, 0.5) is 0 Å². The summed E-state index contributed by atoms with van der Waals surface area (Å²) >= 11 is 0. The SMILES string of the molecule is CCCNC(Cc1cc(CC)nn1C)C1CCCC1. The van der Waals surface area contributed by atoms with Gasteiger partial charge in [0.1, 0.15) is 0 Å². The van der Waals surface area contributed by atoms with Gasteiger partial charge in [0.15, 0.2) is 0 Å². The number of nitrogens with zero attached hydrogens (tertiary/aromatic N) is 2. The third-order valence-corrected chi connectivity index (χ3v) is 4.44. The summed E-state index contributed by atoms with van der Waals surface area (Å²) in [5, 5.41) is 8.35. The van der Waals surface area contributed by atoms with Gasteiger partial charge in [-0.1, -0.05) is 26.7 Å². The van der Waals surface area contributed by atoms with Crippen LogP contribution in [0, 0.1) is 5.92 Å². The third kappa shape index (κ3) is 3.82. The first-order valence-corrected chi connectivity index (χ1v) is 7.99. The Kier molecular flexibility index (Phi) is 5.44. The second-order valence-electron chi connectivity index (χ2n) is 5.91. The molecule has 0 aromatic carbocycles. The van der Waals surface area contributed by atoms with Crippen molar-refractivity contribution in [1.82, 2.24) is 15.1 Å². The van der Waals surface area contributed by atoms with Crippen LogP contribution in [-0.4, -0.2) is 22.4 Å². The predicted molar refractivity (Wildman–Crippen MR) is 80.3 cm³/mol. The number of hydrogen-bond acceptors (Lipinski definition) is 2. The van der Waals surface area contributed by atoms with Crippen LogP contribution >= 0.6 is 0 Å². The van der Waals surface area contributed by atoms with Gasteiger partial charge >= 0.3 is 0 Å². The monoisotopic (exact) mass is 263 g/mol. The van der Waals surface area contributed by atoms with Crippen molar-refractivity contribution in [2.24, 2.45) is 13.0 Å². The van der Waals surface area contributed by atoms with E-state index in [0.29, 0.717) is 6.04 Å². The highest BCUT2D eigenvalue weighted by molar-refractivity contribution is 5.12. The van der Waals surface area contributed by atoms with Gasteiger partial charge in [-0.2, -0.15) is 5.10 Å². The van der Waals surface area contributed by atoms with Gasteiger partial charge in [0.2, 0.25) is 0 Å². The molecular formula is C16H29N3. The zero-order valence-corrected chi connectivity index (χ0v) is 12.8. The molecule has 1 heterocycles. The largest absolute Gasteiger partial charge is 0.313 e. The Morgan fingerprint density at radius 2 is 2.11 bits per heavy atom. The standard InChI is InChI=1S/C16H29N3/c1-4-10-17-16(13-8-6-7-9-13)12-15-11-14(5-2)18-19(15)3/h11,13,16-17H,4-10,12H2,1-3H3. The highest BCUT2D eigenvalue weighted by Gasteiger charge is 2.25. The highest BCUT2D eigenvalue weighted by Crippen LogP contribution is 2.29. The van der Waals surface area contributed by atoms with E-state index >= 15 is 0 Å². The Morgan fingerprint density at radius 1 is 1.37 bits per heavy atom. The van der Waals surface area contributed by atoms with Crippen LogP contribution in [0.2, 0.25) is 0 Å². The van der Waals surface area contributed by atoms with Gasteiger partial charge in [-0.05, 0) is 44.2 Å². The molecule has 2 rings (SSSR count). The minimum atomic E-state index is 0.641. The second-order valence-corrected chi connectivity index (χ2v) is 5.91. The molecule has 1 aliphatic carbocycles. The van der Waals surface area contributed by atoms with Gasteiger partial charge in [0.05, 0.1) is 5.69 Å². The Bertz CT molecular complexity index is 377. The van der Waals surface area contributed by atoms with Crippen molar-refractivity contribution in [3.63, 3.8) is 0 Å². The lowest BCUT2D eigenvalue weighted by molar-refractivity contribution is 0.351. The molecule has 0 aliphatic heterocycles. The molecule has 1 aromatic heterocycles. The second kappa shape index (κ2) is 7.09. The average Bonchev–Trinajstić information content (AvgIpc) is 3.04. The fourth-order valence-corrected chi connectivity index (χ4v) is 3.26. The van der Waals surface area contributed by atoms with Crippen molar-refractivity contribution in [2.45, 2.75) is 64.8 Å². The molecule has 1 aliphatic rings. The summed E-state index contributed by atoms with van der Waals surface area (Å²) in [6.07, 6.45) is 9.02. The van der Waals surface area contributed by atoms with Crippen LogP contribution in [-0.2, 0) is 19.9 Å². The van der Waals surface area contributed by atoms with Crippen LogP contribution in [0.25, 0.3) is 0 Å². The lowest BCUT2D eigenvalue weighted by Crippen LogP contribution is -2.38.